The first-order valence-electron chi connectivity index (χ1n) is 10.1. The van der Waals surface area contributed by atoms with Gasteiger partial charge in [-0.3, -0.25) is 20.4 Å². The van der Waals surface area contributed by atoms with E-state index in [1.165, 1.54) is 32.1 Å². The van der Waals surface area contributed by atoms with E-state index in [4.69, 9.17) is 4.74 Å². The van der Waals surface area contributed by atoms with Gasteiger partial charge in [0.1, 0.15) is 5.75 Å². The van der Waals surface area contributed by atoms with E-state index in [2.05, 4.69) is 10.9 Å². The number of carbonyl (C=O) groups is 2. The number of rotatable bonds is 7. The molecule has 2 aromatic carbocycles. The monoisotopic (exact) mass is 380 g/mol. The first kappa shape index (κ1) is 19.9. The van der Waals surface area contributed by atoms with Gasteiger partial charge in [0.25, 0.3) is 5.91 Å². The van der Waals surface area contributed by atoms with Crippen LogP contribution in [0.1, 0.15) is 44.9 Å². The summed E-state index contributed by atoms with van der Waals surface area (Å²) in [6, 6.07) is 17.5. The van der Waals surface area contributed by atoms with Crippen molar-refractivity contribution in [2.24, 2.45) is 5.92 Å². The van der Waals surface area contributed by atoms with Gasteiger partial charge in [-0.1, -0.05) is 80.6 Å². The number of carbonyl (C=O) groups excluding carboxylic acids is 2. The topological polar surface area (TPSA) is 67.4 Å². The summed E-state index contributed by atoms with van der Waals surface area (Å²) < 4.78 is 5.68. The molecule has 0 bridgehead atoms. The molecule has 2 N–H and O–H groups in total. The molecule has 0 aromatic heterocycles. The van der Waals surface area contributed by atoms with Crippen molar-refractivity contribution in [1.82, 2.24) is 10.9 Å². The highest BCUT2D eigenvalue weighted by molar-refractivity contribution is 5.83. The van der Waals surface area contributed by atoms with Crippen molar-refractivity contribution in [3.05, 3.63) is 54.6 Å². The van der Waals surface area contributed by atoms with E-state index >= 15 is 0 Å². The van der Waals surface area contributed by atoms with Crippen LogP contribution in [0.4, 0.5) is 0 Å². The van der Waals surface area contributed by atoms with Gasteiger partial charge in [-0.05, 0) is 24.0 Å². The van der Waals surface area contributed by atoms with Crippen LogP contribution in [0.2, 0.25) is 0 Å². The molecule has 2 aromatic rings. The van der Waals surface area contributed by atoms with Gasteiger partial charge in [-0.2, -0.15) is 0 Å². The van der Waals surface area contributed by atoms with Crippen molar-refractivity contribution in [2.45, 2.75) is 44.9 Å². The molecule has 2 amide bonds. The summed E-state index contributed by atoms with van der Waals surface area (Å²) >= 11 is 0. The fourth-order valence-corrected chi connectivity index (χ4v) is 3.64. The lowest BCUT2D eigenvalue weighted by atomic mass is 9.86. The van der Waals surface area contributed by atoms with Gasteiger partial charge in [0.05, 0.1) is 0 Å². The number of ether oxygens (including phenoxy) is 1. The van der Waals surface area contributed by atoms with Crippen molar-refractivity contribution < 1.29 is 14.3 Å². The molecule has 0 aliphatic heterocycles. The summed E-state index contributed by atoms with van der Waals surface area (Å²) in [4.78, 5) is 24.0. The summed E-state index contributed by atoms with van der Waals surface area (Å²) in [6.45, 7) is -0.160. The summed E-state index contributed by atoms with van der Waals surface area (Å²) in [7, 11) is 0. The third-order valence-corrected chi connectivity index (χ3v) is 5.18. The number of amides is 2. The predicted octanol–water partition coefficient (Wildman–Crippen LogP) is 4.24. The predicted molar refractivity (Wildman–Crippen MR) is 109 cm³/mol. The fourth-order valence-electron chi connectivity index (χ4n) is 3.64. The molecule has 1 aliphatic carbocycles. The summed E-state index contributed by atoms with van der Waals surface area (Å²) in [6.07, 6.45) is 7.62. The number of hydrogen-bond donors (Lipinski definition) is 2. The molecule has 0 unspecified atom stereocenters. The van der Waals surface area contributed by atoms with Gasteiger partial charge < -0.3 is 4.74 Å². The molecule has 1 fully saturated rings. The Morgan fingerprint density at radius 2 is 1.54 bits per heavy atom. The molecule has 5 heteroatoms. The molecular weight excluding hydrogens is 352 g/mol. The molecule has 0 atom stereocenters. The van der Waals surface area contributed by atoms with E-state index in [9.17, 15) is 9.59 Å². The molecule has 5 nitrogen and oxygen atoms in total. The highest BCUT2D eigenvalue weighted by atomic mass is 16.5. The number of benzene rings is 2. The Kier molecular flexibility index (Phi) is 7.47. The zero-order chi connectivity index (χ0) is 19.6. The zero-order valence-electron chi connectivity index (χ0n) is 16.2. The molecule has 148 valence electrons. The highest BCUT2D eigenvalue weighted by Crippen LogP contribution is 2.29. The third-order valence-electron chi connectivity index (χ3n) is 5.18. The van der Waals surface area contributed by atoms with Crippen LogP contribution in [-0.2, 0) is 9.59 Å². The lowest BCUT2D eigenvalue weighted by molar-refractivity contribution is -0.130. The van der Waals surface area contributed by atoms with Gasteiger partial charge in [-0.25, -0.2) is 0 Å². The number of nitrogens with one attached hydrogen (secondary N) is 2. The van der Waals surface area contributed by atoms with E-state index in [1.54, 1.807) is 0 Å². The van der Waals surface area contributed by atoms with E-state index in [0.29, 0.717) is 18.1 Å². The van der Waals surface area contributed by atoms with Gasteiger partial charge in [0.2, 0.25) is 5.91 Å². The lowest BCUT2D eigenvalue weighted by Gasteiger charge is -2.21. The van der Waals surface area contributed by atoms with E-state index in [-0.39, 0.29) is 18.4 Å². The van der Waals surface area contributed by atoms with Crippen molar-refractivity contribution in [1.29, 1.82) is 0 Å². The Hall–Kier alpha value is -2.82. The summed E-state index contributed by atoms with van der Waals surface area (Å²) in [5.74, 6) is 0.748. The first-order valence-corrected chi connectivity index (χ1v) is 10.1. The quantitative estimate of drug-likeness (QED) is 0.706. The number of hydrazine groups is 1. The van der Waals surface area contributed by atoms with Crippen LogP contribution in [-0.4, -0.2) is 18.4 Å². The van der Waals surface area contributed by atoms with Crippen molar-refractivity contribution in [3.63, 3.8) is 0 Å². The molecule has 0 radical (unpaired) electrons. The van der Waals surface area contributed by atoms with E-state index in [0.717, 1.165) is 17.5 Å². The second-order valence-electron chi connectivity index (χ2n) is 7.29. The van der Waals surface area contributed by atoms with Crippen LogP contribution < -0.4 is 15.6 Å². The van der Waals surface area contributed by atoms with E-state index in [1.807, 2.05) is 54.6 Å². The zero-order valence-corrected chi connectivity index (χ0v) is 16.2. The Morgan fingerprint density at radius 3 is 2.32 bits per heavy atom. The number of para-hydroxylation sites is 1. The van der Waals surface area contributed by atoms with Gasteiger partial charge in [-0.15, -0.1) is 0 Å². The average molecular weight is 380 g/mol. The van der Waals surface area contributed by atoms with Crippen LogP contribution in [0.3, 0.4) is 0 Å². The van der Waals surface area contributed by atoms with Gasteiger partial charge in [0, 0.05) is 12.0 Å². The van der Waals surface area contributed by atoms with Crippen LogP contribution in [0.25, 0.3) is 11.1 Å². The van der Waals surface area contributed by atoms with Crippen LogP contribution in [0, 0.1) is 5.92 Å². The van der Waals surface area contributed by atoms with Crippen LogP contribution >= 0.6 is 0 Å². The smallest absolute Gasteiger partial charge is 0.276 e. The van der Waals surface area contributed by atoms with Crippen molar-refractivity contribution in [2.75, 3.05) is 6.61 Å². The highest BCUT2D eigenvalue weighted by Gasteiger charge is 2.15. The first-order chi connectivity index (χ1) is 13.7. The summed E-state index contributed by atoms with van der Waals surface area (Å²) in [5, 5.41) is 0. The van der Waals surface area contributed by atoms with Gasteiger partial charge in [0.15, 0.2) is 6.61 Å². The molecule has 28 heavy (non-hydrogen) atoms. The lowest BCUT2D eigenvalue weighted by Crippen LogP contribution is -2.43. The maximum Gasteiger partial charge on any atom is 0.276 e. The maximum atomic E-state index is 12.0. The fraction of sp³-hybridized carbons (Fsp3) is 0.391. The van der Waals surface area contributed by atoms with Crippen LogP contribution in [0.5, 0.6) is 5.75 Å². The molecule has 1 aliphatic rings. The minimum atomic E-state index is -0.381. The van der Waals surface area contributed by atoms with Gasteiger partial charge >= 0.3 is 0 Å². The van der Waals surface area contributed by atoms with E-state index < -0.39 is 0 Å². The Bertz CT molecular complexity index is 770. The normalized spacial score (nSPS) is 14.3. The number of hydrogen-bond acceptors (Lipinski definition) is 3. The van der Waals surface area contributed by atoms with Crippen LogP contribution in [0.15, 0.2) is 54.6 Å². The standard InChI is InChI=1S/C23H28N2O3/c26-22(16-15-18-9-3-1-4-10-18)24-25-23(27)17-28-21-14-8-7-13-20(21)19-11-5-2-6-12-19/h2,5-8,11-14,18H,1,3-4,9-10,15-17H2,(H,24,26)(H,25,27). The molecule has 0 saturated heterocycles. The molecule has 3 rings (SSSR count). The molecule has 0 heterocycles. The largest absolute Gasteiger partial charge is 0.483 e. The van der Waals surface area contributed by atoms with Crippen molar-refractivity contribution >= 4 is 11.8 Å². The Morgan fingerprint density at radius 1 is 0.857 bits per heavy atom. The Balaban J connectivity index is 1.42. The Labute approximate surface area is 166 Å². The SMILES string of the molecule is O=C(CCC1CCCCC1)NNC(=O)COc1ccccc1-c1ccccc1. The second kappa shape index (κ2) is 10.5. The molecule has 0 spiro atoms. The maximum absolute atomic E-state index is 12.0. The third kappa shape index (κ3) is 6.12. The minimum Gasteiger partial charge on any atom is -0.483 e. The summed E-state index contributed by atoms with van der Waals surface area (Å²) in [5.41, 5.74) is 6.87. The average Bonchev–Trinajstić information content (AvgIpc) is 2.76. The molecular formula is C23H28N2O3. The molecule has 1 saturated carbocycles. The van der Waals surface area contributed by atoms with Crippen molar-refractivity contribution in [3.8, 4) is 16.9 Å². The minimum absolute atomic E-state index is 0.149. The second-order valence-corrected chi connectivity index (χ2v) is 7.29.